The summed E-state index contributed by atoms with van der Waals surface area (Å²) in [5.74, 6) is -2.86. The maximum absolute atomic E-state index is 14.1. The predicted octanol–water partition coefficient (Wildman–Crippen LogP) is 5.31. The molecule has 1 saturated heterocycles. The third-order valence-corrected chi connectivity index (χ3v) is 7.66. The van der Waals surface area contributed by atoms with Crippen molar-refractivity contribution in [2.24, 2.45) is 0 Å². The van der Waals surface area contributed by atoms with Crippen molar-refractivity contribution in [1.29, 1.82) is 4.78 Å². The molecule has 1 aliphatic rings. The van der Waals surface area contributed by atoms with E-state index in [0.717, 1.165) is 22.5 Å². The first-order valence-electron chi connectivity index (χ1n) is 11.7. The molecule has 1 fully saturated rings. The molecule has 0 aliphatic carbocycles. The van der Waals surface area contributed by atoms with E-state index in [9.17, 15) is 17.8 Å². The lowest BCUT2D eigenvalue weighted by molar-refractivity contribution is -0.0102. The van der Waals surface area contributed by atoms with Crippen LogP contribution >= 0.6 is 0 Å². The monoisotopic (exact) mass is 516 g/mol. The number of carbonyl (C=O) groups is 1. The van der Waals surface area contributed by atoms with Crippen molar-refractivity contribution in [2.45, 2.75) is 50.9 Å². The highest BCUT2D eigenvalue weighted by molar-refractivity contribution is 7.91. The van der Waals surface area contributed by atoms with Crippen LogP contribution in [0.4, 0.5) is 20.3 Å². The molecule has 36 heavy (non-hydrogen) atoms. The van der Waals surface area contributed by atoms with Gasteiger partial charge in [0.1, 0.15) is 5.82 Å². The first kappa shape index (κ1) is 25.7. The fraction of sp³-hybridized carbons (Fsp3) is 0.400. The van der Waals surface area contributed by atoms with Crippen LogP contribution in [0.5, 0.6) is 0 Å². The quantitative estimate of drug-likeness (QED) is 0.425. The van der Waals surface area contributed by atoms with Crippen LogP contribution in [0.1, 0.15) is 46.6 Å². The third kappa shape index (κ3) is 5.25. The number of benzene rings is 1. The summed E-state index contributed by atoms with van der Waals surface area (Å²) in [5, 5.41) is 10.0. The van der Waals surface area contributed by atoms with Gasteiger partial charge in [-0.3, -0.25) is 9.89 Å². The second kappa shape index (κ2) is 9.61. The Labute approximate surface area is 209 Å². The summed E-state index contributed by atoms with van der Waals surface area (Å²) in [5.41, 5.74) is 4.46. The van der Waals surface area contributed by atoms with Crippen molar-refractivity contribution in [3.63, 3.8) is 0 Å². The molecular formula is C25H30F2N6O2S. The zero-order chi connectivity index (χ0) is 26.3. The predicted molar refractivity (Wildman–Crippen MR) is 136 cm³/mol. The molecule has 1 amide bonds. The van der Waals surface area contributed by atoms with Crippen LogP contribution in [0, 0.1) is 25.6 Å². The van der Waals surface area contributed by atoms with Crippen molar-refractivity contribution in [1.82, 2.24) is 15.2 Å². The number of carbonyl (C=O) groups excluding carboxylic acids is 1. The minimum atomic E-state index is -2.97. The number of nitrogens with one attached hydrogen (secondary N) is 3. The first-order valence-corrected chi connectivity index (χ1v) is 13.6. The van der Waals surface area contributed by atoms with Crippen LogP contribution in [-0.2, 0) is 9.73 Å². The highest BCUT2D eigenvalue weighted by Gasteiger charge is 2.34. The van der Waals surface area contributed by atoms with Gasteiger partial charge in [-0.05, 0) is 51.0 Å². The van der Waals surface area contributed by atoms with E-state index in [2.05, 4.69) is 20.5 Å². The van der Waals surface area contributed by atoms with Crippen LogP contribution in [0.2, 0.25) is 0 Å². The number of amides is 1. The number of nitrogens with zero attached hydrogens (tertiary/aromatic N) is 3. The Balaban J connectivity index is 1.81. The molecule has 3 N–H and O–H groups in total. The third-order valence-electron chi connectivity index (χ3n) is 6.50. The van der Waals surface area contributed by atoms with Crippen LogP contribution in [0.3, 0.4) is 0 Å². The van der Waals surface area contributed by atoms with Gasteiger partial charge in [-0.25, -0.2) is 22.8 Å². The number of aromatic nitrogens is 3. The first-order chi connectivity index (χ1) is 16.9. The molecule has 0 saturated carbocycles. The molecule has 0 spiro atoms. The topological polar surface area (TPSA) is 115 Å². The van der Waals surface area contributed by atoms with Crippen molar-refractivity contribution >= 4 is 27.1 Å². The van der Waals surface area contributed by atoms with Crippen molar-refractivity contribution < 1.29 is 17.8 Å². The molecule has 1 atom stereocenters. The Morgan fingerprint density at radius 2 is 1.97 bits per heavy atom. The van der Waals surface area contributed by atoms with Gasteiger partial charge in [0.05, 0.1) is 21.0 Å². The summed E-state index contributed by atoms with van der Waals surface area (Å²) in [6.07, 6.45) is 2.75. The zero-order valence-corrected chi connectivity index (χ0v) is 21.6. The molecule has 0 radical (unpaired) electrons. The molecule has 0 unspecified atom stereocenters. The molecular weight excluding hydrogens is 486 g/mol. The van der Waals surface area contributed by atoms with Crippen LogP contribution in [0.25, 0.3) is 11.1 Å². The normalized spacial score (nSPS) is 17.3. The smallest absolute Gasteiger partial charge is 0.259 e. The van der Waals surface area contributed by atoms with Crippen molar-refractivity contribution in [2.75, 3.05) is 29.6 Å². The van der Waals surface area contributed by atoms with Crippen molar-refractivity contribution in [3.05, 3.63) is 53.0 Å². The number of aromatic amines is 1. The lowest BCUT2D eigenvalue weighted by atomic mass is 9.96. The second-order valence-electron chi connectivity index (χ2n) is 9.33. The van der Waals surface area contributed by atoms with Gasteiger partial charge in [-0.2, -0.15) is 5.10 Å². The Morgan fingerprint density at radius 1 is 1.22 bits per heavy atom. The fourth-order valence-corrected chi connectivity index (χ4v) is 5.28. The molecule has 4 rings (SSSR count). The van der Waals surface area contributed by atoms with E-state index in [0.29, 0.717) is 28.5 Å². The number of rotatable bonds is 5. The van der Waals surface area contributed by atoms with Gasteiger partial charge in [-0.15, -0.1) is 0 Å². The summed E-state index contributed by atoms with van der Waals surface area (Å²) in [6.45, 7) is 5.99. The molecule has 0 bridgehead atoms. The van der Waals surface area contributed by atoms with Gasteiger partial charge in [0.15, 0.2) is 0 Å². The maximum atomic E-state index is 14.1. The van der Waals surface area contributed by atoms with Crippen LogP contribution in [0.15, 0.2) is 35.4 Å². The van der Waals surface area contributed by atoms with E-state index in [1.54, 1.807) is 29.3 Å². The Morgan fingerprint density at radius 3 is 2.64 bits per heavy atom. The van der Waals surface area contributed by atoms with E-state index in [1.165, 1.54) is 12.3 Å². The molecule has 8 nitrogen and oxygen atoms in total. The highest BCUT2D eigenvalue weighted by atomic mass is 32.2. The minimum absolute atomic E-state index is 0.0784. The maximum Gasteiger partial charge on any atom is 0.259 e. The standard InChI is InChI=1S/C25H30F2N6O2S/c1-15-20(22-16(2)31-32-17(22)3)14-29-23(33-11-6-9-25(26,27)10-12-33)21(15)24(34)30-18-7-5-8-19(13-18)36(4,28)35/h5,7-8,13-14,28H,6,9-12H2,1-4H3,(H,30,34)(H,31,32)/t36-/m1/s1. The number of pyridine rings is 1. The van der Waals surface area contributed by atoms with Gasteiger partial charge in [-0.1, -0.05) is 6.07 Å². The summed E-state index contributed by atoms with van der Waals surface area (Å²) < 4.78 is 48.2. The Hall–Kier alpha value is -3.34. The van der Waals surface area contributed by atoms with Crippen LogP contribution < -0.4 is 10.2 Å². The molecule has 3 heterocycles. The number of hydrogen-bond donors (Lipinski definition) is 3. The van der Waals surface area contributed by atoms with E-state index in [1.807, 2.05) is 20.8 Å². The molecule has 3 aromatic rings. The van der Waals surface area contributed by atoms with E-state index >= 15 is 0 Å². The van der Waals surface area contributed by atoms with Gasteiger partial charge in [0.2, 0.25) is 5.92 Å². The Kier molecular flexibility index (Phi) is 6.87. The van der Waals surface area contributed by atoms with Gasteiger partial charge in [0, 0.05) is 65.8 Å². The molecule has 192 valence electrons. The van der Waals surface area contributed by atoms with Gasteiger partial charge in [0.25, 0.3) is 5.91 Å². The average molecular weight is 517 g/mol. The molecule has 1 aliphatic heterocycles. The number of hydrogen-bond acceptors (Lipinski definition) is 6. The average Bonchev–Trinajstić information content (AvgIpc) is 3.01. The molecule has 11 heteroatoms. The SMILES string of the molecule is Cc1n[nH]c(C)c1-c1cnc(N2CCCC(F)(F)CC2)c(C(=O)Nc2cccc([S@](C)(=N)=O)c2)c1C. The van der Waals surface area contributed by atoms with Crippen LogP contribution in [-0.4, -0.2) is 50.6 Å². The number of alkyl halides is 2. The minimum Gasteiger partial charge on any atom is -0.356 e. The number of anilines is 2. The van der Waals surface area contributed by atoms with Gasteiger partial charge >= 0.3 is 0 Å². The number of aryl methyl sites for hydroxylation is 2. The van der Waals surface area contributed by atoms with E-state index < -0.39 is 21.6 Å². The summed E-state index contributed by atoms with van der Waals surface area (Å²) in [4.78, 5) is 20.4. The molecule has 2 aromatic heterocycles. The summed E-state index contributed by atoms with van der Waals surface area (Å²) >= 11 is 0. The van der Waals surface area contributed by atoms with E-state index in [4.69, 9.17) is 4.78 Å². The number of halogens is 2. The molecule has 1 aromatic carbocycles. The fourth-order valence-electron chi connectivity index (χ4n) is 4.59. The largest absolute Gasteiger partial charge is 0.356 e. The van der Waals surface area contributed by atoms with Gasteiger partial charge < -0.3 is 10.2 Å². The lowest BCUT2D eigenvalue weighted by Gasteiger charge is -2.26. The summed E-state index contributed by atoms with van der Waals surface area (Å²) in [7, 11) is -2.97. The number of H-pyrrole nitrogens is 1. The second-order valence-corrected chi connectivity index (χ2v) is 11.5. The van der Waals surface area contributed by atoms with E-state index in [-0.39, 0.29) is 31.4 Å². The lowest BCUT2D eigenvalue weighted by Crippen LogP contribution is -2.30. The van der Waals surface area contributed by atoms with Crippen molar-refractivity contribution in [3.8, 4) is 11.1 Å². The highest BCUT2D eigenvalue weighted by Crippen LogP contribution is 2.36. The summed E-state index contributed by atoms with van der Waals surface area (Å²) in [6, 6.07) is 6.36. The Bertz CT molecular complexity index is 1400. The zero-order valence-electron chi connectivity index (χ0n) is 20.7.